The third-order valence-corrected chi connectivity index (χ3v) is 3.61. The van der Waals surface area contributed by atoms with E-state index in [1.54, 1.807) is 12.1 Å². The summed E-state index contributed by atoms with van der Waals surface area (Å²) in [5, 5.41) is 9.73. The van der Waals surface area contributed by atoms with E-state index in [0.717, 1.165) is 10.5 Å². The van der Waals surface area contributed by atoms with Crippen molar-refractivity contribution in [3.8, 4) is 0 Å². The summed E-state index contributed by atoms with van der Waals surface area (Å²) >= 11 is 7.46. The number of esters is 1. The lowest BCUT2D eigenvalue weighted by Gasteiger charge is -2.08. The van der Waals surface area contributed by atoms with Crippen molar-refractivity contribution in [2.45, 2.75) is 17.9 Å². The molecule has 1 rings (SSSR count). The molecule has 0 spiro atoms. The van der Waals surface area contributed by atoms with Gasteiger partial charge in [-0.1, -0.05) is 23.7 Å². The summed E-state index contributed by atoms with van der Waals surface area (Å²) in [5.74, 6) is 0.341. The molecule has 0 amide bonds. The number of benzene rings is 1. The molecule has 0 aliphatic carbocycles. The van der Waals surface area contributed by atoms with Crippen LogP contribution in [-0.2, 0) is 16.1 Å². The van der Waals surface area contributed by atoms with Crippen molar-refractivity contribution in [2.75, 3.05) is 12.9 Å². The van der Waals surface area contributed by atoms with Gasteiger partial charge in [-0.05, 0) is 11.6 Å². The molecule has 1 aromatic carbocycles. The Hall–Kier alpha value is -0.710. The molecule has 0 bridgehead atoms. The minimum absolute atomic E-state index is 0.0544. The molecule has 0 heterocycles. The number of carbonyl (C=O) groups excluding carboxylic acids is 1. The van der Waals surface area contributed by atoms with E-state index < -0.39 is 0 Å². The number of thioether (sulfide) groups is 1. The summed E-state index contributed by atoms with van der Waals surface area (Å²) in [7, 11) is 1.36. The average Bonchev–Trinajstić information content (AvgIpc) is 2.30. The van der Waals surface area contributed by atoms with Crippen LogP contribution in [0.3, 0.4) is 0 Å². The minimum Gasteiger partial charge on any atom is -0.469 e. The zero-order valence-electron chi connectivity index (χ0n) is 8.90. The molecule has 0 aliphatic rings. The Bertz CT molecular complexity index is 368. The Morgan fingerprint density at radius 1 is 1.56 bits per heavy atom. The molecule has 88 valence electrons. The molecule has 1 N–H and O–H groups in total. The third-order valence-electron chi connectivity index (χ3n) is 2.00. The van der Waals surface area contributed by atoms with Crippen LogP contribution < -0.4 is 0 Å². The van der Waals surface area contributed by atoms with Gasteiger partial charge in [0, 0.05) is 10.6 Å². The highest BCUT2D eigenvalue weighted by Gasteiger charge is 2.08. The van der Waals surface area contributed by atoms with Crippen LogP contribution in [0.5, 0.6) is 0 Å². The maximum atomic E-state index is 10.9. The number of hydrogen-bond acceptors (Lipinski definition) is 4. The van der Waals surface area contributed by atoms with Gasteiger partial charge >= 0.3 is 5.97 Å². The predicted molar refractivity (Wildman–Crippen MR) is 64.7 cm³/mol. The standard InChI is InChI=1S/C11H13ClO3S/c1-15-10(14)5-6-16-11-8(7-13)3-2-4-9(11)12/h2-4,13H,5-7H2,1H3. The Kier molecular flexibility index (Phi) is 5.66. The van der Waals surface area contributed by atoms with Crippen LogP contribution in [0.25, 0.3) is 0 Å². The summed E-state index contributed by atoms with van der Waals surface area (Å²) in [4.78, 5) is 11.8. The first kappa shape index (κ1) is 13.4. The van der Waals surface area contributed by atoms with Crippen molar-refractivity contribution in [3.05, 3.63) is 28.8 Å². The largest absolute Gasteiger partial charge is 0.469 e. The average molecular weight is 261 g/mol. The molecule has 0 aromatic heterocycles. The highest BCUT2D eigenvalue weighted by atomic mass is 35.5. The lowest BCUT2D eigenvalue weighted by molar-refractivity contribution is -0.140. The smallest absolute Gasteiger partial charge is 0.306 e. The summed E-state index contributed by atoms with van der Waals surface area (Å²) in [5.41, 5.74) is 0.780. The normalized spacial score (nSPS) is 10.2. The second-order valence-electron chi connectivity index (χ2n) is 3.06. The first-order valence-electron chi connectivity index (χ1n) is 4.77. The lowest BCUT2D eigenvalue weighted by Crippen LogP contribution is -2.01. The van der Waals surface area contributed by atoms with Crippen LogP contribution >= 0.6 is 23.4 Å². The molecule has 5 heteroatoms. The summed E-state index contributed by atoms with van der Waals surface area (Å²) < 4.78 is 4.54. The van der Waals surface area contributed by atoms with Gasteiger partial charge in [-0.15, -0.1) is 11.8 Å². The van der Waals surface area contributed by atoms with Crippen LogP contribution in [0.1, 0.15) is 12.0 Å². The van der Waals surface area contributed by atoms with E-state index in [1.165, 1.54) is 18.9 Å². The molecule has 0 atom stereocenters. The van der Waals surface area contributed by atoms with Gasteiger partial charge in [0.2, 0.25) is 0 Å². The fourth-order valence-corrected chi connectivity index (χ4v) is 2.53. The Morgan fingerprint density at radius 3 is 2.94 bits per heavy atom. The molecule has 0 fully saturated rings. The van der Waals surface area contributed by atoms with Crippen LogP contribution in [0, 0.1) is 0 Å². The molecule has 0 saturated heterocycles. The Labute approximate surface area is 104 Å². The van der Waals surface area contributed by atoms with E-state index in [2.05, 4.69) is 4.74 Å². The topological polar surface area (TPSA) is 46.5 Å². The number of halogens is 1. The monoisotopic (exact) mass is 260 g/mol. The Balaban J connectivity index is 2.62. The van der Waals surface area contributed by atoms with Crippen LogP contribution in [0.4, 0.5) is 0 Å². The van der Waals surface area contributed by atoms with Crippen molar-refractivity contribution in [3.63, 3.8) is 0 Å². The van der Waals surface area contributed by atoms with Gasteiger partial charge < -0.3 is 9.84 Å². The van der Waals surface area contributed by atoms with E-state index in [9.17, 15) is 4.79 Å². The molecule has 0 unspecified atom stereocenters. The maximum absolute atomic E-state index is 10.9. The fourth-order valence-electron chi connectivity index (χ4n) is 1.18. The molecule has 3 nitrogen and oxygen atoms in total. The van der Waals surface area contributed by atoms with Gasteiger partial charge in [-0.3, -0.25) is 4.79 Å². The highest BCUT2D eigenvalue weighted by molar-refractivity contribution is 7.99. The van der Waals surface area contributed by atoms with Crippen molar-refractivity contribution < 1.29 is 14.6 Å². The van der Waals surface area contributed by atoms with Crippen molar-refractivity contribution in [1.82, 2.24) is 0 Å². The molecule has 1 aromatic rings. The van der Waals surface area contributed by atoms with E-state index in [0.29, 0.717) is 17.2 Å². The number of methoxy groups -OCH3 is 1. The number of rotatable bonds is 5. The number of aliphatic hydroxyl groups is 1. The van der Waals surface area contributed by atoms with Gasteiger partial charge in [0.15, 0.2) is 0 Å². The minimum atomic E-state index is -0.245. The van der Waals surface area contributed by atoms with Gasteiger partial charge in [0.25, 0.3) is 0 Å². The first-order valence-corrected chi connectivity index (χ1v) is 6.13. The predicted octanol–water partition coefficient (Wildman–Crippen LogP) is 2.49. The Morgan fingerprint density at radius 2 is 2.31 bits per heavy atom. The number of hydrogen-bond donors (Lipinski definition) is 1. The molecule has 0 radical (unpaired) electrons. The molecular formula is C11H13ClO3S. The van der Waals surface area contributed by atoms with Crippen molar-refractivity contribution >= 4 is 29.3 Å². The van der Waals surface area contributed by atoms with Gasteiger partial charge in [0.05, 0.1) is 25.2 Å². The van der Waals surface area contributed by atoms with Crippen LogP contribution in [0.15, 0.2) is 23.1 Å². The fraction of sp³-hybridized carbons (Fsp3) is 0.364. The van der Waals surface area contributed by atoms with Crippen molar-refractivity contribution in [1.29, 1.82) is 0 Å². The quantitative estimate of drug-likeness (QED) is 0.653. The number of carbonyl (C=O) groups is 1. The van der Waals surface area contributed by atoms with E-state index >= 15 is 0 Å². The first-order chi connectivity index (χ1) is 7.69. The summed E-state index contributed by atoms with van der Waals surface area (Å²) in [6, 6.07) is 5.37. The summed E-state index contributed by atoms with van der Waals surface area (Å²) in [6.45, 7) is -0.0544. The molecule has 16 heavy (non-hydrogen) atoms. The van der Waals surface area contributed by atoms with Crippen LogP contribution in [-0.4, -0.2) is 23.9 Å². The molecule has 0 aliphatic heterocycles. The maximum Gasteiger partial charge on any atom is 0.306 e. The lowest BCUT2D eigenvalue weighted by atomic mass is 10.2. The number of ether oxygens (including phenoxy) is 1. The van der Waals surface area contributed by atoms with E-state index in [-0.39, 0.29) is 12.6 Å². The number of aliphatic hydroxyl groups excluding tert-OH is 1. The van der Waals surface area contributed by atoms with Crippen molar-refractivity contribution in [2.24, 2.45) is 0 Å². The SMILES string of the molecule is COC(=O)CCSc1c(Cl)cccc1CO. The zero-order chi connectivity index (χ0) is 12.0. The highest BCUT2D eigenvalue weighted by Crippen LogP contribution is 2.31. The second kappa shape index (κ2) is 6.78. The van der Waals surface area contributed by atoms with E-state index in [4.69, 9.17) is 16.7 Å². The summed E-state index contributed by atoms with van der Waals surface area (Å²) in [6.07, 6.45) is 0.331. The van der Waals surface area contributed by atoms with Gasteiger partial charge in [0.1, 0.15) is 0 Å². The van der Waals surface area contributed by atoms with E-state index in [1.807, 2.05) is 6.07 Å². The molecular weight excluding hydrogens is 248 g/mol. The molecule has 0 saturated carbocycles. The zero-order valence-corrected chi connectivity index (χ0v) is 10.5. The van der Waals surface area contributed by atoms with Crippen LogP contribution in [0.2, 0.25) is 5.02 Å². The van der Waals surface area contributed by atoms with Gasteiger partial charge in [-0.2, -0.15) is 0 Å². The third kappa shape index (κ3) is 3.70. The second-order valence-corrected chi connectivity index (χ2v) is 4.57. The van der Waals surface area contributed by atoms with Gasteiger partial charge in [-0.25, -0.2) is 0 Å².